The standard InChI is InChI=1S/C10H7F4N5.C6H12FNO2S/c1-4(10(12,13)14)8-5(2-15)7(11)6-3-17-9(16)18-19(6)8;1-11(9,10)8-4-2-3-6(7)5-8/h3-4H,1H3,(H2,16,18);6H,2-5H2,1H3. The van der Waals surface area contributed by atoms with Gasteiger partial charge >= 0.3 is 6.18 Å². The molecule has 3 rings (SSSR count). The summed E-state index contributed by atoms with van der Waals surface area (Å²) >= 11 is 0. The minimum Gasteiger partial charge on any atom is -0.367 e. The van der Waals surface area contributed by atoms with Crippen LogP contribution in [-0.4, -0.2) is 59.0 Å². The topological polar surface area (TPSA) is 117 Å². The molecule has 14 heteroatoms. The van der Waals surface area contributed by atoms with Gasteiger partial charge in [0.05, 0.1) is 24.1 Å². The van der Waals surface area contributed by atoms with Crippen molar-refractivity contribution < 1.29 is 30.4 Å². The van der Waals surface area contributed by atoms with Crippen molar-refractivity contribution in [2.24, 2.45) is 0 Å². The van der Waals surface area contributed by atoms with Crippen LogP contribution in [0.2, 0.25) is 0 Å². The van der Waals surface area contributed by atoms with Gasteiger partial charge in [0.1, 0.15) is 23.3 Å². The molecule has 0 aliphatic carbocycles. The number of piperidine rings is 1. The number of halogens is 5. The minimum absolute atomic E-state index is 0.0405. The molecule has 2 atom stereocenters. The number of fused-ring (bicyclic) bond motifs is 1. The van der Waals surface area contributed by atoms with E-state index in [9.17, 15) is 30.4 Å². The Labute approximate surface area is 169 Å². The number of nitrogens with zero attached hydrogens (tertiary/aromatic N) is 5. The van der Waals surface area contributed by atoms with Crippen molar-refractivity contribution in [2.45, 2.75) is 38.0 Å². The molecule has 30 heavy (non-hydrogen) atoms. The first-order valence-corrected chi connectivity index (χ1v) is 10.5. The van der Waals surface area contributed by atoms with Crippen LogP contribution in [0, 0.1) is 17.1 Å². The van der Waals surface area contributed by atoms with E-state index < -0.39 is 45.4 Å². The van der Waals surface area contributed by atoms with Gasteiger partial charge in [0.2, 0.25) is 16.0 Å². The van der Waals surface area contributed by atoms with Crippen molar-refractivity contribution in [1.82, 2.24) is 18.9 Å². The molecule has 1 saturated heterocycles. The second-order valence-corrected chi connectivity index (χ2v) is 8.71. The highest BCUT2D eigenvalue weighted by Crippen LogP contribution is 2.37. The monoisotopic (exact) mass is 454 g/mol. The number of nitrogens with two attached hydrogens (primary N) is 1. The maximum Gasteiger partial charge on any atom is 0.397 e. The lowest BCUT2D eigenvalue weighted by atomic mass is 10.0. The molecule has 0 bridgehead atoms. The van der Waals surface area contributed by atoms with E-state index in [1.54, 1.807) is 0 Å². The van der Waals surface area contributed by atoms with Crippen molar-refractivity contribution in [3.63, 3.8) is 0 Å². The number of nitriles is 1. The van der Waals surface area contributed by atoms with Gasteiger partial charge in [-0.25, -0.2) is 26.7 Å². The number of anilines is 1. The third-order valence-corrected chi connectivity index (χ3v) is 5.76. The van der Waals surface area contributed by atoms with Crippen molar-refractivity contribution in [1.29, 1.82) is 5.26 Å². The average molecular weight is 454 g/mol. The van der Waals surface area contributed by atoms with Gasteiger partial charge in [-0.3, -0.25) is 0 Å². The van der Waals surface area contributed by atoms with Crippen LogP contribution >= 0.6 is 0 Å². The number of sulfonamides is 1. The molecule has 0 radical (unpaired) electrons. The lowest BCUT2D eigenvalue weighted by Crippen LogP contribution is -2.39. The zero-order valence-corrected chi connectivity index (χ0v) is 16.8. The van der Waals surface area contributed by atoms with Crippen LogP contribution in [-0.2, 0) is 10.0 Å². The third kappa shape index (κ3) is 5.14. The summed E-state index contributed by atoms with van der Waals surface area (Å²) in [6, 6.07) is 1.42. The van der Waals surface area contributed by atoms with Crippen LogP contribution in [0.5, 0.6) is 0 Å². The van der Waals surface area contributed by atoms with Crippen LogP contribution in [0.15, 0.2) is 6.20 Å². The third-order valence-electron chi connectivity index (χ3n) is 4.49. The lowest BCUT2D eigenvalue weighted by molar-refractivity contribution is -0.147. The van der Waals surface area contributed by atoms with Gasteiger partial charge in [0, 0.05) is 13.1 Å². The first-order valence-electron chi connectivity index (χ1n) is 8.66. The predicted octanol–water partition coefficient (Wildman–Crippen LogP) is 2.37. The summed E-state index contributed by atoms with van der Waals surface area (Å²) in [5.74, 6) is -3.47. The highest BCUT2D eigenvalue weighted by atomic mass is 32.2. The fourth-order valence-electron chi connectivity index (χ4n) is 2.90. The molecule has 2 aromatic rings. The van der Waals surface area contributed by atoms with E-state index in [4.69, 9.17) is 11.0 Å². The van der Waals surface area contributed by atoms with E-state index in [0.717, 1.165) is 19.4 Å². The quantitative estimate of drug-likeness (QED) is 0.697. The summed E-state index contributed by atoms with van der Waals surface area (Å²) in [7, 11) is -3.17. The van der Waals surface area contributed by atoms with E-state index in [-0.39, 0.29) is 18.0 Å². The van der Waals surface area contributed by atoms with Crippen molar-refractivity contribution in [2.75, 3.05) is 25.1 Å². The number of aromatic nitrogens is 3. The molecule has 8 nitrogen and oxygen atoms in total. The predicted molar refractivity (Wildman–Crippen MR) is 97.1 cm³/mol. The molecule has 1 aliphatic rings. The van der Waals surface area contributed by atoms with Crippen molar-refractivity contribution in [3.05, 3.63) is 23.3 Å². The summed E-state index contributed by atoms with van der Waals surface area (Å²) in [5, 5.41) is 12.4. The molecule has 0 spiro atoms. The largest absolute Gasteiger partial charge is 0.397 e. The number of hydrogen-bond acceptors (Lipinski definition) is 6. The van der Waals surface area contributed by atoms with E-state index in [1.165, 1.54) is 10.4 Å². The molecular weight excluding hydrogens is 435 g/mol. The zero-order valence-electron chi connectivity index (χ0n) is 16.0. The van der Waals surface area contributed by atoms with Crippen LogP contribution in [0.4, 0.5) is 27.9 Å². The van der Waals surface area contributed by atoms with Gasteiger partial charge in [0.25, 0.3) is 0 Å². The van der Waals surface area contributed by atoms with E-state index in [0.29, 0.717) is 23.9 Å². The first-order chi connectivity index (χ1) is 13.8. The Balaban J connectivity index is 0.000000248. The Kier molecular flexibility index (Phi) is 6.87. The summed E-state index contributed by atoms with van der Waals surface area (Å²) in [4.78, 5) is 3.49. The molecule has 1 aliphatic heterocycles. The Bertz CT molecular complexity index is 1060. The SMILES string of the molecule is CC(c1c(C#N)c(F)c2cnc(N)nn12)C(F)(F)F.CS(=O)(=O)N1CCCC(F)C1. The highest BCUT2D eigenvalue weighted by Gasteiger charge is 2.41. The molecule has 2 N–H and O–H groups in total. The fourth-order valence-corrected chi connectivity index (χ4v) is 3.79. The van der Waals surface area contributed by atoms with Gasteiger partial charge < -0.3 is 5.73 Å². The smallest absolute Gasteiger partial charge is 0.367 e. The van der Waals surface area contributed by atoms with E-state index >= 15 is 0 Å². The Morgan fingerprint density at radius 3 is 2.50 bits per heavy atom. The summed E-state index contributed by atoms with van der Waals surface area (Å²) < 4.78 is 88.5. The van der Waals surface area contributed by atoms with Crippen LogP contribution in [0.3, 0.4) is 0 Å². The Hall–Kier alpha value is -2.53. The Morgan fingerprint density at radius 2 is 2.03 bits per heavy atom. The minimum atomic E-state index is -4.63. The van der Waals surface area contributed by atoms with E-state index in [2.05, 4.69) is 10.1 Å². The maximum atomic E-state index is 13.8. The molecule has 0 saturated carbocycles. The van der Waals surface area contributed by atoms with Crippen LogP contribution in [0.1, 0.15) is 36.9 Å². The molecule has 0 aromatic carbocycles. The van der Waals surface area contributed by atoms with Gasteiger partial charge in [0.15, 0.2) is 5.82 Å². The molecular formula is C16H19F5N6O2S. The second-order valence-electron chi connectivity index (χ2n) is 6.72. The summed E-state index contributed by atoms with van der Waals surface area (Å²) in [6.07, 6.45) is -2.43. The van der Waals surface area contributed by atoms with Crippen molar-refractivity contribution >= 4 is 21.5 Å². The molecule has 166 valence electrons. The summed E-state index contributed by atoms with van der Waals surface area (Å²) in [5.41, 5.74) is 3.66. The molecule has 2 unspecified atom stereocenters. The summed E-state index contributed by atoms with van der Waals surface area (Å²) in [6.45, 7) is 1.33. The number of alkyl halides is 4. The van der Waals surface area contributed by atoms with E-state index in [1.807, 2.05) is 0 Å². The molecule has 0 amide bonds. The maximum absolute atomic E-state index is 13.8. The van der Waals surface area contributed by atoms with Gasteiger partial charge in [-0.05, 0) is 19.8 Å². The lowest BCUT2D eigenvalue weighted by Gasteiger charge is -2.26. The molecule has 1 fully saturated rings. The van der Waals surface area contributed by atoms with Gasteiger partial charge in [-0.15, -0.1) is 5.10 Å². The van der Waals surface area contributed by atoms with Gasteiger partial charge in [-0.1, -0.05) is 0 Å². The first kappa shape index (κ1) is 23.7. The normalized spacial score (nSPS) is 19.1. The number of rotatable bonds is 2. The van der Waals surface area contributed by atoms with Crippen LogP contribution < -0.4 is 5.73 Å². The number of nitrogen functional groups attached to an aromatic ring is 1. The zero-order chi connectivity index (χ0) is 22.9. The molecule has 2 aromatic heterocycles. The number of hydrogen-bond donors (Lipinski definition) is 1. The average Bonchev–Trinajstić information content (AvgIpc) is 2.91. The Morgan fingerprint density at radius 1 is 1.40 bits per heavy atom. The van der Waals surface area contributed by atoms with Crippen LogP contribution in [0.25, 0.3) is 5.52 Å². The fraction of sp³-hybridized carbons (Fsp3) is 0.562. The molecule has 3 heterocycles. The van der Waals surface area contributed by atoms with Gasteiger partial charge in [-0.2, -0.15) is 22.7 Å². The second kappa shape index (κ2) is 8.68. The van der Waals surface area contributed by atoms with Crippen molar-refractivity contribution in [3.8, 4) is 6.07 Å². The highest BCUT2D eigenvalue weighted by molar-refractivity contribution is 7.88.